The number of hydrogen-bond donors (Lipinski definition) is 1. The van der Waals surface area contributed by atoms with E-state index in [2.05, 4.69) is 15.2 Å². The van der Waals surface area contributed by atoms with Crippen LogP contribution in [0.5, 0.6) is 0 Å². The number of thiazole rings is 1. The Kier molecular flexibility index (Phi) is 4.73. The molecule has 23 heavy (non-hydrogen) atoms. The maximum atomic E-state index is 11.4. The fourth-order valence-corrected chi connectivity index (χ4v) is 3.72. The van der Waals surface area contributed by atoms with Crippen LogP contribution in [0, 0.1) is 6.92 Å². The molecule has 0 unspecified atom stereocenters. The Bertz CT molecular complexity index is 813. The van der Waals surface area contributed by atoms with Crippen molar-refractivity contribution >= 4 is 29.0 Å². The first-order valence-corrected chi connectivity index (χ1v) is 8.79. The third kappa shape index (κ3) is 3.77. The molecule has 6 nitrogen and oxygen atoms in total. The second-order valence-corrected chi connectivity index (χ2v) is 6.86. The summed E-state index contributed by atoms with van der Waals surface area (Å²) < 4.78 is 1.76. The number of nitrogens with zero attached hydrogens (tertiary/aromatic N) is 4. The maximum Gasteiger partial charge on any atom is 0.237 e. The van der Waals surface area contributed by atoms with Crippen molar-refractivity contribution in [2.75, 3.05) is 0 Å². The highest BCUT2D eigenvalue weighted by Crippen LogP contribution is 2.27. The van der Waals surface area contributed by atoms with E-state index in [-0.39, 0.29) is 6.54 Å². The Labute approximate surface area is 141 Å². The molecule has 0 radical (unpaired) electrons. The van der Waals surface area contributed by atoms with Crippen molar-refractivity contribution in [3.05, 3.63) is 46.4 Å². The minimum Gasteiger partial charge on any atom is -0.368 e. The van der Waals surface area contributed by atoms with Crippen LogP contribution in [0.25, 0.3) is 11.4 Å². The quantitative estimate of drug-likeness (QED) is 0.694. The summed E-state index contributed by atoms with van der Waals surface area (Å²) in [6, 6.07) is 7.92. The number of nitrogens with two attached hydrogens (primary N) is 1. The molecular weight excluding hydrogens is 330 g/mol. The molecular formula is C15H15N5OS2. The van der Waals surface area contributed by atoms with E-state index in [0.29, 0.717) is 16.7 Å². The van der Waals surface area contributed by atoms with Crippen molar-refractivity contribution < 1.29 is 4.79 Å². The van der Waals surface area contributed by atoms with Crippen molar-refractivity contribution in [2.24, 2.45) is 5.73 Å². The summed E-state index contributed by atoms with van der Waals surface area (Å²) in [5, 5.41) is 12.1. The predicted octanol–water partition coefficient (Wildman–Crippen LogP) is 2.49. The number of aryl methyl sites for hydroxylation is 1. The number of rotatable bonds is 6. The lowest BCUT2D eigenvalue weighted by Gasteiger charge is -2.08. The highest BCUT2D eigenvalue weighted by Gasteiger charge is 2.16. The normalized spacial score (nSPS) is 10.8. The van der Waals surface area contributed by atoms with Crippen LogP contribution in [0.4, 0.5) is 0 Å². The molecule has 3 aromatic rings. The van der Waals surface area contributed by atoms with Gasteiger partial charge in [0.1, 0.15) is 11.6 Å². The van der Waals surface area contributed by atoms with Gasteiger partial charge in [0.05, 0.1) is 5.75 Å². The van der Waals surface area contributed by atoms with Gasteiger partial charge in [-0.25, -0.2) is 4.98 Å². The second-order valence-electron chi connectivity index (χ2n) is 4.94. The van der Waals surface area contributed by atoms with Gasteiger partial charge in [-0.15, -0.1) is 21.5 Å². The summed E-state index contributed by atoms with van der Waals surface area (Å²) in [6.45, 7) is 2.06. The molecule has 0 saturated carbocycles. The highest BCUT2D eigenvalue weighted by atomic mass is 32.2. The van der Waals surface area contributed by atoms with Crippen LogP contribution >= 0.6 is 23.1 Å². The number of benzene rings is 1. The Hall–Kier alpha value is -2.19. The first-order valence-electron chi connectivity index (χ1n) is 6.93. The standard InChI is InChI=1S/C15H15N5OS2/c1-10-3-2-4-11(7-10)14-18-19-15(20(14)8-12(16)21)23-9-13-17-5-6-22-13/h2-7H,8-9H2,1H3,(H2,16,21). The second kappa shape index (κ2) is 6.93. The van der Waals surface area contributed by atoms with Gasteiger partial charge >= 0.3 is 0 Å². The smallest absolute Gasteiger partial charge is 0.237 e. The summed E-state index contributed by atoms with van der Waals surface area (Å²) >= 11 is 3.08. The van der Waals surface area contributed by atoms with Crippen LogP contribution in [-0.4, -0.2) is 25.7 Å². The van der Waals surface area contributed by atoms with Crippen LogP contribution in [0.15, 0.2) is 41.0 Å². The van der Waals surface area contributed by atoms with Gasteiger partial charge < -0.3 is 5.73 Å². The number of hydrogen-bond acceptors (Lipinski definition) is 6. The molecule has 0 atom stereocenters. The molecule has 2 heterocycles. The molecule has 8 heteroatoms. The lowest BCUT2D eigenvalue weighted by atomic mass is 10.1. The molecule has 0 aliphatic carbocycles. The van der Waals surface area contributed by atoms with Gasteiger partial charge in [0.2, 0.25) is 5.91 Å². The summed E-state index contributed by atoms with van der Waals surface area (Å²) in [6.07, 6.45) is 1.77. The molecule has 0 saturated heterocycles. The molecule has 0 fully saturated rings. The molecule has 2 N–H and O–H groups in total. The van der Waals surface area contributed by atoms with Crippen molar-refractivity contribution in [2.45, 2.75) is 24.4 Å². The number of carbonyl (C=O) groups is 1. The first-order chi connectivity index (χ1) is 11.1. The maximum absolute atomic E-state index is 11.4. The Morgan fingerprint density at radius 1 is 1.39 bits per heavy atom. The summed E-state index contributed by atoms with van der Waals surface area (Å²) in [4.78, 5) is 15.7. The molecule has 118 valence electrons. The SMILES string of the molecule is Cc1cccc(-c2nnc(SCc3nccs3)n2CC(N)=O)c1. The monoisotopic (exact) mass is 345 g/mol. The van der Waals surface area contributed by atoms with Crippen LogP contribution < -0.4 is 5.73 Å². The van der Waals surface area contributed by atoms with E-state index in [9.17, 15) is 4.79 Å². The van der Waals surface area contributed by atoms with Gasteiger partial charge in [-0.1, -0.05) is 35.5 Å². The third-order valence-corrected chi connectivity index (χ3v) is 5.06. The largest absolute Gasteiger partial charge is 0.368 e. The Balaban J connectivity index is 1.92. The molecule has 0 bridgehead atoms. The van der Waals surface area contributed by atoms with E-state index >= 15 is 0 Å². The van der Waals surface area contributed by atoms with Crippen LogP contribution in [0.2, 0.25) is 0 Å². The van der Waals surface area contributed by atoms with Crippen molar-refractivity contribution in [1.82, 2.24) is 19.7 Å². The molecule has 1 amide bonds. The summed E-state index contributed by atoms with van der Waals surface area (Å²) in [5.74, 6) is 0.909. The topological polar surface area (TPSA) is 86.7 Å². The summed E-state index contributed by atoms with van der Waals surface area (Å²) in [7, 11) is 0. The van der Waals surface area contributed by atoms with E-state index < -0.39 is 5.91 Å². The highest BCUT2D eigenvalue weighted by molar-refractivity contribution is 7.98. The lowest BCUT2D eigenvalue weighted by molar-refractivity contribution is -0.118. The Morgan fingerprint density at radius 2 is 2.26 bits per heavy atom. The fraction of sp³-hybridized carbons (Fsp3) is 0.200. The van der Waals surface area contributed by atoms with E-state index in [1.165, 1.54) is 11.8 Å². The first kappa shape index (κ1) is 15.7. The van der Waals surface area contributed by atoms with E-state index in [4.69, 9.17) is 5.73 Å². The van der Waals surface area contributed by atoms with E-state index in [0.717, 1.165) is 16.1 Å². The van der Waals surface area contributed by atoms with E-state index in [1.54, 1.807) is 22.1 Å². The number of aromatic nitrogens is 4. The Morgan fingerprint density at radius 3 is 2.96 bits per heavy atom. The van der Waals surface area contributed by atoms with Crippen molar-refractivity contribution in [3.8, 4) is 11.4 Å². The number of thioether (sulfide) groups is 1. The van der Waals surface area contributed by atoms with Gasteiger partial charge in [0.15, 0.2) is 11.0 Å². The minimum absolute atomic E-state index is 0.0521. The average molecular weight is 345 g/mol. The van der Waals surface area contributed by atoms with Gasteiger partial charge in [0, 0.05) is 17.1 Å². The van der Waals surface area contributed by atoms with Gasteiger partial charge in [-0.3, -0.25) is 9.36 Å². The van der Waals surface area contributed by atoms with Gasteiger partial charge in [-0.2, -0.15) is 0 Å². The molecule has 0 aliphatic rings. The molecule has 0 aliphatic heterocycles. The molecule has 2 aromatic heterocycles. The lowest BCUT2D eigenvalue weighted by Crippen LogP contribution is -2.20. The molecule has 3 rings (SSSR count). The summed E-state index contributed by atoms with van der Waals surface area (Å²) in [5.41, 5.74) is 7.42. The van der Waals surface area contributed by atoms with Gasteiger partial charge in [0.25, 0.3) is 0 Å². The zero-order valence-electron chi connectivity index (χ0n) is 12.5. The zero-order chi connectivity index (χ0) is 16.2. The predicted molar refractivity (Wildman–Crippen MR) is 91.1 cm³/mol. The van der Waals surface area contributed by atoms with Gasteiger partial charge in [-0.05, 0) is 13.0 Å². The number of primary amides is 1. The third-order valence-electron chi connectivity index (χ3n) is 3.12. The van der Waals surface area contributed by atoms with E-state index in [1.807, 2.05) is 36.6 Å². The fourth-order valence-electron chi connectivity index (χ4n) is 2.14. The van der Waals surface area contributed by atoms with Crippen LogP contribution in [0.1, 0.15) is 10.6 Å². The molecule has 1 aromatic carbocycles. The van der Waals surface area contributed by atoms with Crippen LogP contribution in [-0.2, 0) is 17.1 Å². The van der Waals surface area contributed by atoms with Crippen molar-refractivity contribution in [3.63, 3.8) is 0 Å². The zero-order valence-corrected chi connectivity index (χ0v) is 14.1. The molecule has 0 spiro atoms. The number of amides is 1. The minimum atomic E-state index is -0.421. The van der Waals surface area contributed by atoms with Crippen LogP contribution in [0.3, 0.4) is 0 Å². The number of carbonyl (C=O) groups excluding carboxylic acids is 1. The average Bonchev–Trinajstić information content (AvgIpc) is 3.14. The van der Waals surface area contributed by atoms with Crippen molar-refractivity contribution in [1.29, 1.82) is 0 Å².